The lowest BCUT2D eigenvalue weighted by Crippen LogP contribution is -2.41. The van der Waals surface area contributed by atoms with E-state index in [4.69, 9.17) is 5.11 Å². The van der Waals surface area contributed by atoms with Crippen molar-refractivity contribution in [3.63, 3.8) is 0 Å². The van der Waals surface area contributed by atoms with E-state index in [0.717, 1.165) is 31.6 Å². The normalized spacial score (nSPS) is 28.9. The van der Waals surface area contributed by atoms with Crippen LogP contribution in [0.5, 0.6) is 0 Å². The molecule has 0 radical (unpaired) electrons. The van der Waals surface area contributed by atoms with Crippen molar-refractivity contribution < 1.29 is 14.7 Å². The Morgan fingerprint density at radius 1 is 1.22 bits per heavy atom. The van der Waals surface area contributed by atoms with Crippen molar-refractivity contribution in [3.8, 4) is 0 Å². The first-order valence-electron chi connectivity index (χ1n) is 7.15. The predicted molar refractivity (Wildman–Crippen MR) is 68.0 cm³/mol. The molecule has 102 valence electrons. The summed E-state index contributed by atoms with van der Waals surface area (Å²) in [6.07, 6.45) is 6.80. The van der Waals surface area contributed by atoms with Crippen molar-refractivity contribution in [2.45, 2.75) is 57.9 Å². The summed E-state index contributed by atoms with van der Waals surface area (Å²) in [5.74, 6) is -0.844. The summed E-state index contributed by atoms with van der Waals surface area (Å²) < 4.78 is 0. The second-order valence-electron chi connectivity index (χ2n) is 5.77. The van der Waals surface area contributed by atoms with Gasteiger partial charge in [0, 0.05) is 6.04 Å². The minimum absolute atomic E-state index is 0.0348. The van der Waals surface area contributed by atoms with E-state index in [2.05, 4.69) is 12.2 Å². The number of rotatable bonds is 6. The number of amides is 1. The topological polar surface area (TPSA) is 66.4 Å². The number of carboxylic acids is 1. The number of hydrogen-bond acceptors (Lipinski definition) is 2. The molecule has 0 aromatic carbocycles. The molecular weight excluding hydrogens is 230 g/mol. The zero-order valence-electron chi connectivity index (χ0n) is 11.0. The molecule has 1 amide bonds. The Balaban J connectivity index is 1.87. The molecule has 3 atom stereocenters. The standard InChI is InChI=1S/C14H23NO3/c1-2-10(8-9-6-7-9)15-13(16)11-4-3-5-12(11)14(17)18/h9-12H,2-8H2,1H3,(H,15,16)(H,17,18)/t10?,11-,12+/m1/s1. The van der Waals surface area contributed by atoms with Crippen molar-refractivity contribution in [2.24, 2.45) is 17.8 Å². The van der Waals surface area contributed by atoms with Gasteiger partial charge in [0.1, 0.15) is 0 Å². The quantitative estimate of drug-likeness (QED) is 0.762. The molecule has 0 aromatic rings. The van der Waals surface area contributed by atoms with Gasteiger partial charge in [0.05, 0.1) is 11.8 Å². The molecular formula is C14H23NO3. The van der Waals surface area contributed by atoms with E-state index in [1.807, 2.05) is 0 Å². The van der Waals surface area contributed by atoms with E-state index < -0.39 is 11.9 Å². The van der Waals surface area contributed by atoms with Crippen LogP contribution < -0.4 is 5.32 Å². The largest absolute Gasteiger partial charge is 0.481 e. The lowest BCUT2D eigenvalue weighted by molar-refractivity contribution is -0.146. The summed E-state index contributed by atoms with van der Waals surface area (Å²) in [7, 11) is 0. The minimum atomic E-state index is -0.817. The third kappa shape index (κ3) is 3.24. The maximum absolute atomic E-state index is 12.2. The molecule has 0 saturated heterocycles. The number of nitrogens with one attached hydrogen (secondary N) is 1. The summed E-state index contributed by atoms with van der Waals surface area (Å²) in [6.45, 7) is 2.08. The van der Waals surface area contributed by atoms with Crippen LogP contribution in [0.4, 0.5) is 0 Å². The third-order valence-corrected chi connectivity index (χ3v) is 4.32. The zero-order valence-corrected chi connectivity index (χ0v) is 11.0. The molecule has 0 heterocycles. The van der Waals surface area contributed by atoms with E-state index in [9.17, 15) is 9.59 Å². The van der Waals surface area contributed by atoms with Gasteiger partial charge in [-0.05, 0) is 31.6 Å². The monoisotopic (exact) mass is 253 g/mol. The van der Waals surface area contributed by atoms with Gasteiger partial charge in [0.25, 0.3) is 0 Å². The molecule has 2 saturated carbocycles. The van der Waals surface area contributed by atoms with Crippen molar-refractivity contribution in [2.75, 3.05) is 0 Å². The summed E-state index contributed by atoms with van der Waals surface area (Å²) in [5.41, 5.74) is 0. The van der Waals surface area contributed by atoms with E-state index in [0.29, 0.717) is 6.42 Å². The number of carbonyl (C=O) groups is 2. The maximum atomic E-state index is 12.2. The molecule has 0 aromatic heterocycles. The first-order chi connectivity index (χ1) is 8.61. The number of hydrogen-bond donors (Lipinski definition) is 2. The van der Waals surface area contributed by atoms with E-state index in [1.165, 1.54) is 12.8 Å². The number of carboxylic acid groups (broad SMARTS) is 1. The van der Waals surface area contributed by atoms with Crippen molar-refractivity contribution in [1.82, 2.24) is 5.32 Å². The van der Waals surface area contributed by atoms with E-state index in [1.54, 1.807) is 0 Å². The molecule has 2 fully saturated rings. The van der Waals surface area contributed by atoms with Gasteiger partial charge < -0.3 is 10.4 Å². The van der Waals surface area contributed by atoms with Crippen LogP contribution in [0, 0.1) is 17.8 Å². The second kappa shape index (κ2) is 5.72. The number of aliphatic carboxylic acids is 1. The lowest BCUT2D eigenvalue weighted by atomic mass is 9.94. The molecule has 0 bridgehead atoms. The van der Waals surface area contributed by atoms with Gasteiger partial charge in [-0.3, -0.25) is 9.59 Å². The van der Waals surface area contributed by atoms with Gasteiger partial charge in [-0.2, -0.15) is 0 Å². The molecule has 2 aliphatic rings. The highest BCUT2D eigenvalue weighted by Crippen LogP contribution is 2.35. The summed E-state index contributed by atoms with van der Waals surface area (Å²) in [4.78, 5) is 23.2. The molecule has 2 aliphatic carbocycles. The van der Waals surface area contributed by atoms with Crippen LogP contribution in [-0.4, -0.2) is 23.0 Å². The van der Waals surface area contributed by atoms with Crippen LogP contribution in [0.2, 0.25) is 0 Å². The second-order valence-corrected chi connectivity index (χ2v) is 5.77. The summed E-state index contributed by atoms with van der Waals surface area (Å²) in [5, 5.41) is 12.2. The highest BCUT2D eigenvalue weighted by molar-refractivity contribution is 5.85. The van der Waals surface area contributed by atoms with E-state index in [-0.39, 0.29) is 17.9 Å². The SMILES string of the molecule is CCC(CC1CC1)NC(=O)[C@@H]1CCC[C@@H]1C(=O)O. The summed E-state index contributed by atoms with van der Waals surface area (Å²) >= 11 is 0. The van der Waals surface area contributed by atoms with Crippen LogP contribution in [0.1, 0.15) is 51.9 Å². The van der Waals surface area contributed by atoms with Crippen molar-refractivity contribution in [1.29, 1.82) is 0 Å². The fourth-order valence-electron chi connectivity index (χ4n) is 2.96. The first-order valence-corrected chi connectivity index (χ1v) is 7.15. The van der Waals surface area contributed by atoms with Crippen LogP contribution in [0.3, 0.4) is 0 Å². The molecule has 1 unspecified atom stereocenters. The van der Waals surface area contributed by atoms with Gasteiger partial charge in [0.15, 0.2) is 0 Å². The third-order valence-electron chi connectivity index (χ3n) is 4.32. The van der Waals surface area contributed by atoms with Crippen LogP contribution in [0.25, 0.3) is 0 Å². The van der Waals surface area contributed by atoms with Crippen LogP contribution in [0.15, 0.2) is 0 Å². The Morgan fingerprint density at radius 3 is 2.44 bits per heavy atom. The van der Waals surface area contributed by atoms with Crippen LogP contribution in [-0.2, 0) is 9.59 Å². The molecule has 4 nitrogen and oxygen atoms in total. The highest BCUT2D eigenvalue weighted by Gasteiger charge is 2.38. The molecule has 18 heavy (non-hydrogen) atoms. The predicted octanol–water partition coefficient (Wildman–Crippen LogP) is 2.18. The van der Waals surface area contributed by atoms with Gasteiger partial charge in [0.2, 0.25) is 5.91 Å². The Labute approximate surface area is 108 Å². The number of carbonyl (C=O) groups excluding carboxylic acids is 1. The Kier molecular flexibility index (Phi) is 4.25. The Hall–Kier alpha value is -1.06. The van der Waals surface area contributed by atoms with Crippen molar-refractivity contribution in [3.05, 3.63) is 0 Å². The minimum Gasteiger partial charge on any atom is -0.481 e. The molecule has 0 spiro atoms. The van der Waals surface area contributed by atoms with Gasteiger partial charge in [-0.1, -0.05) is 26.2 Å². The highest BCUT2D eigenvalue weighted by atomic mass is 16.4. The van der Waals surface area contributed by atoms with Crippen LogP contribution >= 0.6 is 0 Å². The Morgan fingerprint density at radius 2 is 1.89 bits per heavy atom. The van der Waals surface area contributed by atoms with Gasteiger partial charge >= 0.3 is 5.97 Å². The van der Waals surface area contributed by atoms with Gasteiger partial charge in [-0.15, -0.1) is 0 Å². The molecule has 0 aliphatic heterocycles. The smallest absolute Gasteiger partial charge is 0.307 e. The first kappa shape index (κ1) is 13.4. The maximum Gasteiger partial charge on any atom is 0.307 e. The van der Waals surface area contributed by atoms with Gasteiger partial charge in [-0.25, -0.2) is 0 Å². The average Bonchev–Trinajstić information content (AvgIpc) is 3.00. The Bertz CT molecular complexity index is 325. The molecule has 4 heteroatoms. The molecule has 2 N–H and O–H groups in total. The fourth-order valence-corrected chi connectivity index (χ4v) is 2.96. The fraction of sp³-hybridized carbons (Fsp3) is 0.857. The van der Waals surface area contributed by atoms with Crippen molar-refractivity contribution >= 4 is 11.9 Å². The zero-order chi connectivity index (χ0) is 13.1. The summed E-state index contributed by atoms with van der Waals surface area (Å²) in [6, 6.07) is 0.236. The van der Waals surface area contributed by atoms with E-state index >= 15 is 0 Å². The molecule has 2 rings (SSSR count). The average molecular weight is 253 g/mol. The lowest BCUT2D eigenvalue weighted by Gasteiger charge is -2.21.